The van der Waals surface area contributed by atoms with Crippen LogP contribution in [0, 0.1) is 0 Å². The minimum absolute atomic E-state index is 0.203. The maximum Gasteiger partial charge on any atom is 0.242 e. The molecular formula is C10H13N2+. The molecule has 12 heavy (non-hydrogen) atoms. The molecule has 0 spiro atoms. The van der Waals surface area contributed by atoms with Crippen LogP contribution in [0.5, 0.6) is 0 Å². The van der Waals surface area contributed by atoms with Crippen LogP contribution >= 0.6 is 0 Å². The van der Waals surface area contributed by atoms with Crippen molar-refractivity contribution in [3.8, 4) is 0 Å². The first-order chi connectivity index (χ1) is 5.88. The molecule has 0 saturated heterocycles. The van der Waals surface area contributed by atoms with E-state index in [1.54, 1.807) is 6.08 Å². The fourth-order valence-corrected chi connectivity index (χ4v) is 0.979. The van der Waals surface area contributed by atoms with Crippen LogP contribution < -0.4 is 4.57 Å². The van der Waals surface area contributed by atoms with Gasteiger partial charge in [-0.05, 0) is 12.2 Å². The number of nitrogens with zero attached hydrogens (tertiary/aromatic N) is 1. The molecule has 0 radical (unpaired) electrons. The van der Waals surface area contributed by atoms with Crippen molar-refractivity contribution in [1.82, 2.24) is 4.98 Å². The Morgan fingerprint density at radius 3 is 2.75 bits per heavy atom. The molecule has 0 amide bonds. The highest BCUT2D eigenvalue weighted by atomic mass is 15.0. The SMILES string of the molecule is C=CC=CC(C=C)[n+]1cc[nH]c1. The Hall–Kier alpha value is -1.57. The van der Waals surface area contributed by atoms with Crippen molar-refractivity contribution < 1.29 is 4.57 Å². The van der Waals surface area contributed by atoms with Crippen molar-refractivity contribution in [2.24, 2.45) is 0 Å². The Labute approximate surface area is 72.6 Å². The Morgan fingerprint density at radius 1 is 1.42 bits per heavy atom. The van der Waals surface area contributed by atoms with Crippen LogP contribution in [0.15, 0.2) is 56.2 Å². The van der Waals surface area contributed by atoms with E-state index in [1.165, 1.54) is 0 Å². The van der Waals surface area contributed by atoms with Gasteiger partial charge in [-0.15, -0.1) is 0 Å². The van der Waals surface area contributed by atoms with Gasteiger partial charge in [0.15, 0.2) is 0 Å². The van der Waals surface area contributed by atoms with Gasteiger partial charge in [0.25, 0.3) is 0 Å². The lowest BCUT2D eigenvalue weighted by molar-refractivity contribution is -0.700. The van der Waals surface area contributed by atoms with Crippen LogP contribution in [-0.2, 0) is 0 Å². The van der Waals surface area contributed by atoms with Gasteiger partial charge in [0, 0.05) is 0 Å². The summed E-state index contributed by atoms with van der Waals surface area (Å²) >= 11 is 0. The monoisotopic (exact) mass is 161 g/mol. The zero-order valence-electron chi connectivity index (χ0n) is 6.98. The minimum atomic E-state index is 0.203. The van der Waals surface area contributed by atoms with E-state index in [0.717, 1.165) is 0 Å². The summed E-state index contributed by atoms with van der Waals surface area (Å²) in [5, 5.41) is 0. The highest BCUT2D eigenvalue weighted by Crippen LogP contribution is 1.98. The number of hydrogen-bond acceptors (Lipinski definition) is 0. The van der Waals surface area contributed by atoms with Crippen LogP contribution in [0.25, 0.3) is 0 Å². The highest BCUT2D eigenvalue weighted by Gasteiger charge is 2.04. The fraction of sp³-hybridized carbons (Fsp3) is 0.100. The van der Waals surface area contributed by atoms with Gasteiger partial charge < -0.3 is 0 Å². The quantitative estimate of drug-likeness (QED) is 0.394. The molecule has 0 aliphatic carbocycles. The summed E-state index contributed by atoms with van der Waals surface area (Å²) in [5.74, 6) is 0. The molecule has 0 saturated carbocycles. The number of nitrogens with one attached hydrogen (secondary N) is 1. The third-order valence-corrected chi connectivity index (χ3v) is 1.60. The zero-order chi connectivity index (χ0) is 8.81. The zero-order valence-corrected chi connectivity index (χ0v) is 6.98. The summed E-state index contributed by atoms with van der Waals surface area (Å²) in [5.41, 5.74) is 0. The van der Waals surface area contributed by atoms with E-state index in [0.29, 0.717) is 0 Å². The predicted octanol–water partition coefficient (Wildman–Crippen LogP) is 1.77. The molecule has 1 atom stereocenters. The second-order valence-corrected chi connectivity index (χ2v) is 2.41. The summed E-state index contributed by atoms with van der Waals surface area (Å²) in [6.45, 7) is 7.36. The molecule has 1 N–H and O–H groups in total. The van der Waals surface area contributed by atoms with E-state index in [-0.39, 0.29) is 6.04 Å². The van der Waals surface area contributed by atoms with Crippen LogP contribution in [0.2, 0.25) is 0 Å². The van der Waals surface area contributed by atoms with Gasteiger partial charge in [0.2, 0.25) is 6.33 Å². The first-order valence-electron chi connectivity index (χ1n) is 3.84. The lowest BCUT2D eigenvalue weighted by Crippen LogP contribution is -2.34. The normalized spacial score (nSPS) is 13.0. The van der Waals surface area contributed by atoms with Crippen molar-refractivity contribution in [1.29, 1.82) is 0 Å². The summed E-state index contributed by atoms with van der Waals surface area (Å²) in [6, 6.07) is 0.203. The van der Waals surface area contributed by atoms with Gasteiger partial charge in [0.1, 0.15) is 18.4 Å². The molecule has 2 nitrogen and oxygen atoms in total. The number of hydrogen-bond donors (Lipinski definition) is 1. The molecular weight excluding hydrogens is 148 g/mol. The Balaban J connectivity index is 2.76. The van der Waals surface area contributed by atoms with Crippen LogP contribution in [0.3, 0.4) is 0 Å². The average Bonchev–Trinajstić information content (AvgIpc) is 2.59. The smallest absolute Gasteiger partial charge is 0.242 e. The third-order valence-electron chi connectivity index (χ3n) is 1.60. The second kappa shape index (κ2) is 4.34. The molecule has 1 unspecified atom stereocenters. The second-order valence-electron chi connectivity index (χ2n) is 2.41. The standard InChI is InChI=1S/C10H12N2/c1-3-5-6-10(4-2)12-8-7-11-9-12/h3-10H,1-2H2/p+1. The number of imidazole rings is 1. The van der Waals surface area contributed by atoms with Crippen molar-refractivity contribution in [3.05, 3.63) is 56.2 Å². The largest absolute Gasteiger partial charge is 0.250 e. The van der Waals surface area contributed by atoms with E-state index < -0.39 is 0 Å². The van der Waals surface area contributed by atoms with Crippen molar-refractivity contribution in [3.63, 3.8) is 0 Å². The maximum atomic E-state index is 3.75. The van der Waals surface area contributed by atoms with Crippen LogP contribution in [0.1, 0.15) is 6.04 Å². The van der Waals surface area contributed by atoms with Gasteiger partial charge in [-0.3, -0.25) is 4.98 Å². The lowest BCUT2D eigenvalue weighted by atomic mass is 10.2. The Bertz CT molecular complexity index is 270. The van der Waals surface area contributed by atoms with E-state index in [9.17, 15) is 0 Å². The average molecular weight is 161 g/mol. The van der Waals surface area contributed by atoms with E-state index in [4.69, 9.17) is 0 Å². The van der Waals surface area contributed by atoms with Gasteiger partial charge in [-0.25, -0.2) is 4.57 Å². The molecule has 0 aromatic carbocycles. The first kappa shape index (κ1) is 8.53. The molecule has 62 valence electrons. The van der Waals surface area contributed by atoms with Crippen molar-refractivity contribution >= 4 is 0 Å². The maximum absolute atomic E-state index is 3.75. The molecule has 1 aromatic rings. The van der Waals surface area contributed by atoms with E-state index >= 15 is 0 Å². The van der Waals surface area contributed by atoms with Gasteiger partial charge >= 0.3 is 0 Å². The minimum Gasteiger partial charge on any atom is -0.250 e. The summed E-state index contributed by atoms with van der Waals surface area (Å²) in [4.78, 5) is 2.98. The molecule has 0 bridgehead atoms. The molecule has 1 rings (SSSR count). The summed E-state index contributed by atoms with van der Waals surface area (Å²) < 4.78 is 2.02. The number of rotatable bonds is 4. The molecule has 1 heterocycles. The summed E-state index contributed by atoms with van der Waals surface area (Å²) in [7, 11) is 0. The predicted molar refractivity (Wildman–Crippen MR) is 49.6 cm³/mol. The Kier molecular flexibility index (Phi) is 3.08. The number of H-pyrrole nitrogens is 1. The molecule has 0 fully saturated rings. The van der Waals surface area contributed by atoms with Gasteiger partial charge in [-0.1, -0.05) is 25.3 Å². The molecule has 1 aromatic heterocycles. The van der Waals surface area contributed by atoms with E-state index in [2.05, 4.69) is 18.1 Å². The first-order valence-corrected chi connectivity index (χ1v) is 3.84. The number of aromatic amines is 1. The van der Waals surface area contributed by atoms with Gasteiger partial charge in [0.05, 0.1) is 0 Å². The van der Waals surface area contributed by atoms with Crippen LogP contribution in [0.4, 0.5) is 0 Å². The Morgan fingerprint density at radius 2 is 2.25 bits per heavy atom. The van der Waals surface area contributed by atoms with Gasteiger partial charge in [-0.2, -0.15) is 0 Å². The third kappa shape index (κ3) is 1.95. The van der Waals surface area contributed by atoms with Crippen molar-refractivity contribution in [2.75, 3.05) is 0 Å². The fourth-order valence-electron chi connectivity index (χ4n) is 0.979. The highest BCUT2D eigenvalue weighted by molar-refractivity contribution is 5.03. The number of allylic oxidation sites excluding steroid dienone is 4. The summed E-state index contributed by atoms with van der Waals surface area (Å²) in [6.07, 6.45) is 13.3. The van der Waals surface area contributed by atoms with Crippen LogP contribution in [-0.4, -0.2) is 4.98 Å². The molecule has 0 aliphatic heterocycles. The molecule has 0 aliphatic rings. The topological polar surface area (TPSA) is 19.7 Å². The van der Waals surface area contributed by atoms with Crippen molar-refractivity contribution in [2.45, 2.75) is 6.04 Å². The van der Waals surface area contributed by atoms with E-state index in [1.807, 2.05) is 41.5 Å². The molecule has 2 heteroatoms. The number of aromatic nitrogens is 2. The lowest BCUT2D eigenvalue weighted by Gasteiger charge is -2.00.